The molecule has 5 nitrogen and oxygen atoms in total. The van der Waals surface area contributed by atoms with Gasteiger partial charge in [-0.2, -0.15) is 0 Å². The van der Waals surface area contributed by atoms with Gasteiger partial charge in [-0.25, -0.2) is 0 Å². The summed E-state index contributed by atoms with van der Waals surface area (Å²) in [5.41, 5.74) is 0. The molecule has 110 valence electrons. The normalized spacial score (nSPS) is 29.5. The average molecular weight is 269 g/mol. The molecule has 2 heterocycles. The summed E-state index contributed by atoms with van der Waals surface area (Å²) >= 11 is 0. The van der Waals surface area contributed by atoms with Gasteiger partial charge in [-0.05, 0) is 33.4 Å². The van der Waals surface area contributed by atoms with Crippen LogP contribution in [-0.2, 0) is 9.53 Å². The Balaban J connectivity index is 1.62. The van der Waals surface area contributed by atoms with E-state index in [1.165, 1.54) is 12.8 Å². The molecule has 1 N–H and O–H groups in total. The number of likely N-dealkylation sites (tertiary alicyclic amines) is 1. The first-order valence-corrected chi connectivity index (χ1v) is 7.46. The van der Waals surface area contributed by atoms with Crippen molar-refractivity contribution in [2.75, 3.05) is 46.4 Å². The maximum Gasteiger partial charge on any atom is 0.224 e. The van der Waals surface area contributed by atoms with E-state index >= 15 is 0 Å². The average Bonchev–Trinajstić information content (AvgIpc) is 2.43. The molecule has 2 rings (SSSR count). The van der Waals surface area contributed by atoms with E-state index < -0.39 is 0 Å². The van der Waals surface area contributed by atoms with Gasteiger partial charge < -0.3 is 19.9 Å². The van der Waals surface area contributed by atoms with Crippen molar-refractivity contribution in [1.29, 1.82) is 0 Å². The highest BCUT2D eigenvalue weighted by atomic mass is 16.5. The molecule has 2 fully saturated rings. The molecule has 5 heteroatoms. The molecule has 0 spiro atoms. The van der Waals surface area contributed by atoms with Crippen LogP contribution in [0, 0.1) is 0 Å². The minimum Gasteiger partial charge on any atom is -0.378 e. The Hall–Kier alpha value is -0.650. The Morgan fingerprint density at radius 2 is 2.05 bits per heavy atom. The van der Waals surface area contributed by atoms with Crippen LogP contribution in [0.1, 0.15) is 26.2 Å². The van der Waals surface area contributed by atoms with Crippen molar-refractivity contribution in [3.05, 3.63) is 0 Å². The first kappa shape index (κ1) is 14.8. The second-order valence-corrected chi connectivity index (χ2v) is 5.75. The SMILES string of the molecule is CC1CC(NCCC(=O)N2CCOCC2)CCN1C. The minimum absolute atomic E-state index is 0.261. The number of piperidine rings is 1. The lowest BCUT2D eigenvalue weighted by molar-refractivity contribution is -0.135. The number of morpholine rings is 1. The quantitative estimate of drug-likeness (QED) is 0.798. The van der Waals surface area contributed by atoms with Crippen molar-refractivity contribution in [2.24, 2.45) is 0 Å². The largest absolute Gasteiger partial charge is 0.378 e. The number of rotatable bonds is 4. The number of nitrogens with one attached hydrogen (secondary N) is 1. The Morgan fingerprint density at radius 1 is 1.32 bits per heavy atom. The summed E-state index contributed by atoms with van der Waals surface area (Å²) in [6, 6.07) is 1.21. The Labute approximate surface area is 116 Å². The number of ether oxygens (including phenoxy) is 1. The van der Waals surface area contributed by atoms with Gasteiger partial charge in [0.15, 0.2) is 0 Å². The molecule has 19 heavy (non-hydrogen) atoms. The van der Waals surface area contributed by atoms with Crippen molar-refractivity contribution >= 4 is 5.91 Å². The molecule has 0 aromatic heterocycles. The summed E-state index contributed by atoms with van der Waals surface area (Å²) in [6.45, 7) is 7.10. The van der Waals surface area contributed by atoms with Crippen LogP contribution >= 0.6 is 0 Å². The van der Waals surface area contributed by atoms with Crippen molar-refractivity contribution in [3.63, 3.8) is 0 Å². The van der Waals surface area contributed by atoms with Crippen LogP contribution in [-0.4, -0.2) is 74.2 Å². The van der Waals surface area contributed by atoms with E-state index in [0.717, 1.165) is 26.2 Å². The summed E-state index contributed by atoms with van der Waals surface area (Å²) in [5.74, 6) is 0.261. The van der Waals surface area contributed by atoms with E-state index in [9.17, 15) is 4.79 Å². The van der Waals surface area contributed by atoms with E-state index in [1.807, 2.05) is 4.90 Å². The molecule has 0 bridgehead atoms. The highest BCUT2D eigenvalue weighted by Gasteiger charge is 2.22. The fraction of sp³-hybridized carbons (Fsp3) is 0.929. The van der Waals surface area contributed by atoms with Gasteiger partial charge in [-0.1, -0.05) is 0 Å². The third-order valence-electron chi connectivity index (χ3n) is 4.34. The number of amides is 1. The zero-order valence-corrected chi connectivity index (χ0v) is 12.2. The lowest BCUT2D eigenvalue weighted by Crippen LogP contribution is -2.47. The molecule has 2 aliphatic rings. The van der Waals surface area contributed by atoms with E-state index in [2.05, 4.69) is 24.2 Å². The lowest BCUT2D eigenvalue weighted by atomic mass is 9.99. The van der Waals surface area contributed by atoms with Gasteiger partial charge in [0.25, 0.3) is 0 Å². The third kappa shape index (κ3) is 4.44. The fourth-order valence-electron chi connectivity index (χ4n) is 2.83. The number of hydrogen-bond acceptors (Lipinski definition) is 4. The van der Waals surface area contributed by atoms with Gasteiger partial charge in [0.05, 0.1) is 13.2 Å². The zero-order chi connectivity index (χ0) is 13.7. The van der Waals surface area contributed by atoms with Crippen molar-refractivity contribution in [1.82, 2.24) is 15.1 Å². The monoisotopic (exact) mass is 269 g/mol. The number of hydrogen-bond donors (Lipinski definition) is 1. The number of carbonyl (C=O) groups is 1. The zero-order valence-electron chi connectivity index (χ0n) is 12.2. The lowest BCUT2D eigenvalue weighted by Gasteiger charge is -2.35. The Bertz CT molecular complexity index is 292. The summed E-state index contributed by atoms with van der Waals surface area (Å²) in [4.78, 5) is 16.3. The summed E-state index contributed by atoms with van der Waals surface area (Å²) < 4.78 is 5.26. The predicted octanol–water partition coefficient (Wildman–Crippen LogP) is 0.308. The molecular formula is C14H27N3O2. The molecule has 2 atom stereocenters. The molecule has 2 unspecified atom stereocenters. The Kier molecular flexibility index (Phi) is 5.60. The predicted molar refractivity (Wildman–Crippen MR) is 75.1 cm³/mol. The van der Waals surface area contributed by atoms with Gasteiger partial charge in [-0.15, -0.1) is 0 Å². The van der Waals surface area contributed by atoms with Gasteiger partial charge >= 0.3 is 0 Å². The molecule has 0 aromatic rings. The van der Waals surface area contributed by atoms with E-state index in [-0.39, 0.29) is 5.91 Å². The van der Waals surface area contributed by atoms with Crippen LogP contribution in [0.25, 0.3) is 0 Å². The molecule has 2 saturated heterocycles. The number of nitrogens with zero attached hydrogens (tertiary/aromatic N) is 2. The van der Waals surface area contributed by atoms with Crippen molar-refractivity contribution in [3.8, 4) is 0 Å². The third-order valence-corrected chi connectivity index (χ3v) is 4.34. The smallest absolute Gasteiger partial charge is 0.224 e. The molecule has 0 aromatic carbocycles. The van der Waals surface area contributed by atoms with E-state index in [0.29, 0.717) is 31.7 Å². The summed E-state index contributed by atoms with van der Waals surface area (Å²) in [5, 5.41) is 3.54. The topological polar surface area (TPSA) is 44.8 Å². The van der Waals surface area contributed by atoms with Crippen LogP contribution < -0.4 is 5.32 Å². The maximum absolute atomic E-state index is 12.0. The summed E-state index contributed by atoms with van der Waals surface area (Å²) in [7, 11) is 2.18. The van der Waals surface area contributed by atoms with E-state index in [1.54, 1.807) is 0 Å². The Morgan fingerprint density at radius 3 is 2.74 bits per heavy atom. The molecular weight excluding hydrogens is 242 g/mol. The first-order valence-electron chi connectivity index (χ1n) is 7.46. The highest BCUT2D eigenvalue weighted by Crippen LogP contribution is 2.15. The standard InChI is InChI=1S/C14H27N3O2/c1-12-11-13(4-6-16(12)2)15-5-3-14(18)17-7-9-19-10-8-17/h12-13,15H,3-11H2,1-2H3. The van der Waals surface area contributed by atoms with Crippen molar-refractivity contribution in [2.45, 2.75) is 38.3 Å². The molecule has 1 amide bonds. The van der Waals surface area contributed by atoms with Crippen LogP contribution in [0.15, 0.2) is 0 Å². The van der Waals surface area contributed by atoms with Gasteiger partial charge in [0, 0.05) is 38.1 Å². The van der Waals surface area contributed by atoms with Crippen LogP contribution in [0.4, 0.5) is 0 Å². The number of carbonyl (C=O) groups excluding carboxylic acids is 1. The van der Waals surface area contributed by atoms with Gasteiger partial charge in [0.2, 0.25) is 5.91 Å². The minimum atomic E-state index is 0.261. The van der Waals surface area contributed by atoms with Crippen LogP contribution in [0.2, 0.25) is 0 Å². The van der Waals surface area contributed by atoms with E-state index in [4.69, 9.17) is 4.74 Å². The second-order valence-electron chi connectivity index (χ2n) is 5.75. The van der Waals surface area contributed by atoms with Gasteiger partial charge in [-0.3, -0.25) is 4.79 Å². The first-order chi connectivity index (χ1) is 9.16. The molecule has 2 aliphatic heterocycles. The highest BCUT2D eigenvalue weighted by molar-refractivity contribution is 5.76. The van der Waals surface area contributed by atoms with Crippen molar-refractivity contribution < 1.29 is 9.53 Å². The van der Waals surface area contributed by atoms with Gasteiger partial charge in [0.1, 0.15) is 0 Å². The van der Waals surface area contributed by atoms with Crippen LogP contribution in [0.5, 0.6) is 0 Å². The molecule has 0 saturated carbocycles. The molecule has 0 radical (unpaired) electrons. The fourth-order valence-corrected chi connectivity index (χ4v) is 2.83. The second kappa shape index (κ2) is 7.22. The van der Waals surface area contributed by atoms with Crippen LogP contribution in [0.3, 0.4) is 0 Å². The maximum atomic E-state index is 12.0. The molecule has 0 aliphatic carbocycles. The summed E-state index contributed by atoms with van der Waals surface area (Å²) in [6.07, 6.45) is 2.98.